The second-order valence-corrected chi connectivity index (χ2v) is 16.9. The number of fused-ring (bicyclic) bond motifs is 7. The molecule has 0 saturated heterocycles. The molecular weight excluding hydrogens is 654 g/mol. The molecule has 0 N–H and O–H groups in total. The van der Waals surface area contributed by atoms with Gasteiger partial charge in [-0.25, -0.2) is 0 Å². The zero-order valence-corrected chi connectivity index (χ0v) is 30.1. The maximum absolute atomic E-state index is 16.3. The van der Waals surface area contributed by atoms with Crippen molar-refractivity contribution in [1.82, 2.24) is 4.57 Å². The van der Waals surface area contributed by atoms with Crippen molar-refractivity contribution in [3.63, 3.8) is 0 Å². The van der Waals surface area contributed by atoms with E-state index in [1.165, 1.54) is 38.5 Å². The highest BCUT2D eigenvalue weighted by atomic mass is 31.2. The lowest BCUT2D eigenvalue weighted by atomic mass is 9.82. The molecule has 2 unspecified atom stereocenters. The molecule has 52 heavy (non-hydrogen) atoms. The van der Waals surface area contributed by atoms with Gasteiger partial charge in [0.1, 0.15) is 0 Å². The van der Waals surface area contributed by atoms with E-state index in [1.807, 2.05) is 60.7 Å². The van der Waals surface area contributed by atoms with E-state index in [1.54, 1.807) is 0 Å². The molecule has 5 heteroatoms. The van der Waals surface area contributed by atoms with Gasteiger partial charge in [0.25, 0.3) is 7.44 Å². The fourth-order valence-corrected chi connectivity index (χ4v) is 12.0. The van der Waals surface area contributed by atoms with E-state index in [-0.39, 0.29) is 11.5 Å². The Balaban J connectivity index is 1.25. The lowest BCUT2D eigenvalue weighted by molar-refractivity contribution is 0.576. The highest BCUT2D eigenvalue weighted by Crippen LogP contribution is 2.69. The predicted molar refractivity (Wildman–Crippen MR) is 219 cm³/mol. The quantitative estimate of drug-likeness (QED) is 0.172. The number of nitrogens with zero attached hydrogens (tertiary/aromatic N) is 3. The van der Waals surface area contributed by atoms with Gasteiger partial charge in [0.05, 0.1) is 33.8 Å². The topological polar surface area (TPSA) is 28.5 Å². The Morgan fingerprint density at radius 2 is 1.33 bits per heavy atom. The Kier molecular flexibility index (Phi) is 6.90. The maximum atomic E-state index is 16.3. The standard InChI is InChI=1S/C47H38N3OP/c1-47(2)41-26-16-14-24-37(41)39-32-45-40(31-42(39)47)38-25-15-17-27-43(38)48(45)35-28-29-44-46(30-35)50(34-20-10-6-11-21-34)52(51,36-22-12-7-13-23-36)49(44)33-18-8-4-3-5-9-19-33/h3-18,20-33H,19H2,1-2H3/b4-3-,9-5-,18-8?. The largest absolute Gasteiger partial charge is 0.309 e. The summed E-state index contributed by atoms with van der Waals surface area (Å²) in [7, 11) is -3.46. The Labute approximate surface area is 304 Å². The van der Waals surface area contributed by atoms with Gasteiger partial charge in [-0.05, 0) is 89.3 Å². The Morgan fingerprint density at radius 3 is 2.17 bits per heavy atom. The van der Waals surface area contributed by atoms with Gasteiger partial charge in [0.15, 0.2) is 0 Å². The Hall–Kier alpha value is -5.83. The summed E-state index contributed by atoms with van der Waals surface area (Å²) >= 11 is 0. The lowest BCUT2D eigenvalue weighted by Gasteiger charge is -2.36. The maximum Gasteiger partial charge on any atom is 0.297 e. The smallest absolute Gasteiger partial charge is 0.297 e. The molecule has 2 heterocycles. The van der Waals surface area contributed by atoms with Crippen LogP contribution < -0.4 is 14.6 Å². The third-order valence-corrected chi connectivity index (χ3v) is 14.3. The first-order chi connectivity index (χ1) is 25.5. The van der Waals surface area contributed by atoms with Crippen LogP contribution in [0.15, 0.2) is 176 Å². The summed E-state index contributed by atoms with van der Waals surface area (Å²) in [5, 5.41) is 3.27. The summed E-state index contributed by atoms with van der Waals surface area (Å²) in [6, 6.07) is 49.2. The predicted octanol–water partition coefficient (Wildman–Crippen LogP) is 12.0. The van der Waals surface area contributed by atoms with Crippen molar-refractivity contribution in [2.24, 2.45) is 0 Å². The van der Waals surface area contributed by atoms with Gasteiger partial charge in [-0.3, -0.25) is 13.9 Å². The molecule has 3 aliphatic rings. The van der Waals surface area contributed by atoms with Crippen molar-refractivity contribution < 1.29 is 4.57 Å². The molecule has 10 rings (SSSR count). The van der Waals surface area contributed by atoms with Crippen LogP contribution in [0.3, 0.4) is 0 Å². The van der Waals surface area contributed by atoms with E-state index < -0.39 is 7.44 Å². The van der Waals surface area contributed by atoms with Crippen molar-refractivity contribution >= 4 is 51.6 Å². The van der Waals surface area contributed by atoms with Crippen LogP contribution in [0.1, 0.15) is 31.4 Å². The van der Waals surface area contributed by atoms with E-state index in [9.17, 15) is 0 Å². The van der Waals surface area contributed by atoms with Gasteiger partial charge >= 0.3 is 0 Å². The van der Waals surface area contributed by atoms with Gasteiger partial charge in [0.2, 0.25) is 0 Å². The van der Waals surface area contributed by atoms with Gasteiger partial charge in [-0.2, -0.15) is 0 Å². The van der Waals surface area contributed by atoms with Crippen LogP contribution in [0, 0.1) is 0 Å². The normalized spacial score (nSPS) is 21.1. The molecule has 1 aromatic heterocycles. The van der Waals surface area contributed by atoms with Crippen LogP contribution >= 0.6 is 7.44 Å². The molecule has 6 aromatic carbocycles. The van der Waals surface area contributed by atoms with E-state index in [0.29, 0.717) is 0 Å². The summed E-state index contributed by atoms with van der Waals surface area (Å²) in [4.78, 5) is 0. The third-order valence-electron chi connectivity index (χ3n) is 11.2. The van der Waals surface area contributed by atoms with Crippen molar-refractivity contribution in [3.8, 4) is 16.8 Å². The molecule has 0 spiro atoms. The van der Waals surface area contributed by atoms with Gasteiger partial charge in [-0.15, -0.1) is 0 Å². The van der Waals surface area contributed by atoms with Crippen molar-refractivity contribution in [3.05, 3.63) is 187 Å². The number of rotatable bonds is 4. The summed E-state index contributed by atoms with van der Waals surface area (Å²) < 4.78 is 23.1. The van der Waals surface area contributed by atoms with Crippen LogP contribution in [-0.2, 0) is 9.98 Å². The molecule has 1 aliphatic heterocycles. The summed E-state index contributed by atoms with van der Waals surface area (Å²) in [5.74, 6) is 0. The first kappa shape index (κ1) is 30.9. The van der Waals surface area contributed by atoms with Crippen LogP contribution in [-0.4, -0.2) is 10.6 Å². The number of aromatic nitrogens is 1. The SMILES string of the molecule is CC1(C)c2ccccc2-c2cc3c(cc21)c1ccccc1n3-c1ccc2c(c1)N(c1ccccc1)P(=O)(c1ccccc1)N2C1C=C/C=C\C=C/C1. The number of para-hydroxylation sites is 2. The second kappa shape index (κ2) is 11.6. The minimum absolute atomic E-state index is 0.0917. The molecule has 0 fully saturated rings. The highest BCUT2D eigenvalue weighted by molar-refractivity contribution is 7.75. The van der Waals surface area contributed by atoms with Gasteiger partial charge < -0.3 is 4.57 Å². The minimum Gasteiger partial charge on any atom is -0.309 e. The second-order valence-electron chi connectivity index (χ2n) is 14.5. The number of benzene rings is 6. The first-order valence-corrected chi connectivity index (χ1v) is 19.7. The van der Waals surface area contributed by atoms with Gasteiger partial charge in [-0.1, -0.05) is 129 Å². The molecule has 2 aliphatic carbocycles. The molecule has 0 saturated carbocycles. The lowest BCUT2D eigenvalue weighted by Crippen LogP contribution is -2.35. The molecule has 7 aromatic rings. The van der Waals surface area contributed by atoms with Crippen LogP contribution in [0.2, 0.25) is 0 Å². The summed E-state index contributed by atoms with van der Waals surface area (Å²) in [6.07, 6.45) is 13.4. The van der Waals surface area contributed by atoms with E-state index in [4.69, 9.17) is 0 Å². The minimum atomic E-state index is -3.46. The zero-order valence-electron chi connectivity index (χ0n) is 29.2. The van der Waals surface area contributed by atoms with E-state index >= 15 is 4.57 Å². The molecule has 0 radical (unpaired) electrons. The molecule has 2 atom stereocenters. The molecule has 252 valence electrons. The molecule has 4 nitrogen and oxygen atoms in total. The monoisotopic (exact) mass is 691 g/mol. The van der Waals surface area contributed by atoms with Crippen LogP contribution in [0.25, 0.3) is 38.6 Å². The fourth-order valence-electron chi connectivity index (χ4n) is 8.83. The van der Waals surface area contributed by atoms with E-state index in [2.05, 4.69) is 143 Å². The first-order valence-electron chi connectivity index (χ1n) is 18.1. The highest BCUT2D eigenvalue weighted by Gasteiger charge is 2.50. The number of allylic oxidation sites excluding steroid dienone is 4. The fraction of sp³-hybridized carbons (Fsp3) is 0.106. The van der Waals surface area contributed by atoms with Crippen molar-refractivity contribution in [2.75, 3.05) is 9.34 Å². The average molecular weight is 692 g/mol. The molecule has 0 bridgehead atoms. The number of hydrogen-bond donors (Lipinski definition) is 0. The van der Waals surface area contributed by atoms with E-state index in [0.717, 1.165) is 40.0 Å². The number of hydrogen-bond acceptors (Lipinski definition) is 1. The van der Waals surface area contributed by atoms with Gasteiger partial charge in [0, 0.05) is 27.6 Å². The molecular formula is C47H38N3OP. The number of anilines is 3. The molecule has 0 amide bonds. The van der Waals surface area contributed by atoms with Crippen molar-refractivity contribution in [2.45, 2.75) is 31.7 Å². The van der Waals surface area contributed by atoms with Crippen molar-refractivity contribution in [1.29, 1.82) is 0 Å². The summed E-state index contributed by atoms with van der Waals surface area (Å²) in [6.45, 7) is 4.69. The Bertz CT molecular complexity index is 2690. The third kappa shape index (κ3) is 4.37. The van der Waals surface area contributed by atoms with Crippen LogP contribution in [0.4, 0.5) is 17.1 Å². The summed E-state index contributed by atoms with van der Waals surface area (Å²) in [5.41, 5.74) is 11.4. The van der Waals surface area contributed by atoms with Crippen LogP contribution in [0.5, 0.6) is 0 Å². The Morgan fingerprint density at radius 1 is 0.596 bits per heavy atom. The average Bonchev–Trinajstić information content (AvgIpc) is 3.72. The zero-order chi connectivity index (χ0) is 35.0.